The molecule has 82 valence electrons. The molecule has 0 heterocycles. The second kappa shape index (κ2) is 8.44. The van der Waals surface area contributed by atoms with E-state index in [4.69, 9.17) is 25.3 Å². The number of hydrogen-bond acceptors (Lipinski definition) is 6. The van der Waals surface area contributed by atoms with Gasteiger partial charge in [0.25, 0.3) is 0 Å². The summed E-state index contributed by atoms with van der Waals surface area (Å²) in [5, 5.41) is 37.8. The molecule has 0 aliphatic carbocycles. The largest absolute Gasteiger partial charge is 0.631 e. The van der Waals surface area contributed by atoms with Gasteiger partial charge in [-0.1, -0.05) is 0 Å². The van der Waals surface area contributed by atoms with Gasteiger partial charge in [0.05, 0.1) is 13.1 Å². The molecule has 0 aliphatic heterocycles. The van der Waals surface area contributed by atoms with E-state index in [1.54, 1.807) is 0 Å². The van der Waals surface area contributed by atoms with Gasteiger partial charge < -0.3 is 25.3 Å². The molecule has 0 saturated carbocycles. The van der Waals surface area contributed by atoms with E-state index in [2.05, 4.69) is 0 Å². The molecule has 0 bridgehead atoms. The van der Waals surface area contributed by atoms with E-state index >= 15 is 0 Å². The number of carbonyl (C=O) groups is 2. The zero-order valence-electron chi connectivity index (χ0n) is 7.49. The van der Waals surface area contributed by atoms with Crippen molar-refractivity contribution in [3.05, 3.63) is 0 Å². The van der Waals surface area contributed by atoms with Crippen molar-refractivity contribution in [1.82, 2.24) is 4.90 Å². The van der Waals surface area contributed by atoms with Crippen LogP contribution in [-0.4, -0.2) is 69.6 Å². The van der Waals surface area contributed by atoms with Crippen molar-refractivity contribution in [3.8, 4) is 0 Å². The van der Waals surface area contributed by atoms with Gasteiger partial charge in [-0.3, -0.25) is 14.5 Å². The first-order chi connectivity index (χ1) is 6.25. The van der Waals surface area contributed by atoms with Crippen molar-refractivity contribution in [2.75, 3.05) is 20.1 Å². The lowest BCUT2D eigenvalue weighted by Crippen LogP contribution is -2.30. The molecule has 0 radical (unpaired) electrons. The lowest BCUT2D eigenvalue weighted by molar-refractivity contribution is -0.141. The van der Waals surface area contributed by atoms with Crippen molar-refractivity contribution in [2.24, 2.45) is 0 Å². The molecule has 8 nitrogen and oxygen atoms in total. The summed E-state index contributed by atoms with van der Waals surface area (Å²) in [6.07, 6.45) is 0. The highest BCUT2D eigenvalue weighted by atomic mass is 16.5. The van der Waals surface area contributed by atoms with Gasteiger partial charge >= 0.3 is 19.3 Å². The second-order valence-corrected chi connectivity index (χ2v) is 2.31. The topological polar surface area (TPSA) is 139 Å². The van der Waals surface area contributed by atoms with Crippen LogP contribution in [0, 0.1) is 0 Å². The maximum atomic E-state index is 9.96. The molecule has 0 unspecified atom stereocenters. The van der Waals surface area contributed by atoms with Crippen LogP contribution in [0.3, 0.4) is 0 Å². The van der Waals surface area contributed by atoms with Crippen LogP contribution >= 0.6 is 0 Å². The summed E-state index contributed by atoms with van der Waals surface area (Å²) in [4.78, 5) is 21.1. The van der Waals surface area contributed by atoms with Crippen molar-refractivity contribution >= 4 is 19.3 Å². The summed E-state index contributed by atoms with van der Waals surface area (Å²) < 4.78 is 0. The predicted molar refractivity (Wildman–Crippen MR) is 45.2 cm³/mol. The molecule has 0 amide bonds. The molecule has 0 aromatic heterocycles. The smallest absolute Gasteiger partial charge is 0.480 e. The number of carboxylic acid groups (broad SMARTS) is 2. The van der Waals surface area contributed by atoms with Crippen molar-refractivity contribution < 1.29 is 34.9 Å². The van der Waals surface area contributed by atoms with Gasteiger partial charge in [0.2, 0.25) is 0 Å². The maximum absolute atomic E-state index is 9.96. The summed E-state index contributed by atoms with van der Waals surface area (Å²) in [5.41, 5.74) is 0. The molecule has 0 aromatic rings. The van der Waals surface area contributed by atoms with Gasteiger partial charge in [-0.05, 0) is 7.05 Å². The van der Waals surface area contributed by atoms with Crippen molar-refractivity contribution in [3.63, 3.8) is 0 Å². The summed E-state index contributed by atoms with van der Waals surface area (Å²) >= 11 is 0. The number of aliphatic carboxylic acids is 2. The Bertz CT molecular complexity index is 166. The predicted octanol–water partition coefficient (Wildman–Crippen LogP) is -2.96. The molecule has 0 atom stereocenters. The van der Waals surface area contributed by atoms with Gasteiger partial charge in [0.1, 0.15) is 0 Å². The minimum atomic E-state index is -2.17. The highest BCUT2D eigenvalue weighted by molar-refractivity contribution is 6.30. The summed E-state index contributed by atoms with van der Waals surface area (Å²) in [6.45, 7) is -0.488. The van der Waals surface area contributed by atoms with Crippen LogP contribution in [0.15, 0.2) is 0 Å². The SMILES string of the molecule is CN(CC(=O)O)CC(=O)O.OB(O)O. The molecule has 14 heavy (non-hydrogen) atoms. The van der Waals surface area contributed by atoms with Crippen LogP contribution in [0.4, 0.5) is 0 Å². The molecule has 9 heteroatoms. The monoisotopic (exact) mass is 209 g/mol. The first-order valence-electron chi connectivity index (χ1n) is 3.42. The lowest BCUT2D eigenvalue weighted by Gasteiger charge is -2.08. The van der Waals surface area contributed by atoms with E-state index in [0.717, 1.165) is 0 Å². The Kier molecular flexibility index (Phi) is 9.24. The van der Waals surface area contributed by atoms with Crippen LogP contribution in [-0.2, 0) is 9.59 Å². The fourth-order valence-corrected chi connectivity index (χ4v) is 0.518. The van der Waals surface area contributed by atoms with E-state index in [1.165, 1.54) is 11.9 Å². The first kappa shape index (κ1) is 15.3. The molecule has 0 aliphatic rings. The van der Waals surface area contributed by atoms with Crippen molar-refractivity contribution in [2.45, 2.75) is 0 Å². The number of hydrogen-bond donors (Lipinski definition) is 5. The van der Waals surface area contributed by atoms with Crippen molar-refractivity contribution in [1.29, 1.82) is 0 Å². The molecule has 0 saturated heterocycles. The Hall–Kier alpha value is -1.16. The number of carboxylic acids is 2. The molecule has 5 N–H and O–H groups in total. The van der Waals surface area contributed by atoms with E-state index in [1.807, 2.05) is 0 Å². The van der Waals surface area contributed by atoms with Gasteiger partial charge in [0, 0.05) is 0 Å². The van der Waals surface area contributed by atoms with Gasteiger partial charge in [0.15, 0.2) is 0 Å². The fourth-order valence-electron chi connectivity index (χ4n) is 0.518. The molecular weight excluding hydrogens is 197 g/mol. The van der Waals surface area contributed by atoms with Crippen LogP contribution < -0.4 is 0 Å². The molecule has 0 fully saturated rings. The Morgan fingerprint density at radius 1 is 1.07 bits per heavy atom. The quantitative estimate of drug-likeness (QED) is 0.309. The lowest BCUT2D eigenvalue weighted by atomic mass is 10.3. The third-order valence-electron chi connectivity index (χ3n) is 0.810. The Labute approximate surface area is 80.2 Å². The third-order valence-corrected chi connectivity index (χ3v) is 0.810. The Balaban J connectivity index is 0. The number of nitrogens with zero attached hydrogens (tertiary/aromatic N) is 1. The standard InChI is InChI=1S/C5H9NO4.BH3O3/c1-6(2-4(7)8)3-5(9)10;2-1(3)4/h2-3H2,1H3,(H,7,8)(H,9,10);2-4H. The number of likely N-dealkylation sites (N-methyl/N-ethyl adjacent to an activating group) is 1. The minimum Gasteiger partial charge on any atom is -0.480 e. The first-order valence-corrected chi connectivity index (χ1v) is 3.42. The summed E-state index contributed by atoms with van der Waals surface area (Å²) in [6, 6.07) is 0. The van der Waals surface area contributed by atoms with Crippen LogP contribution in [0.25, 0.3) is 0 Å². The highest BCUT2D eigenvalue weighted by Gasteiger charge is 2.06. The van der Waals surface area contributed by atoms with Crippen LogP contribution in [0.1, 0.15) is 0 Å². The van der Waals surface area contributed by atoms with E-state index in [-0.39, 0.29) is 13.1 Å². The minimum absolute atomic E-state index is 0.244. The zero-order valence-corrected chi connectivity index (χ0v) is 7.49. The molecule has 0 aromatic carbocycles. The summed E-state index contributed by atoms with van der Waals surface area (Å²) in [5.74, 6) is -2.05. The molecule has 0 rings (SSSR count). The Morgan fingerprint density at radius 2 is 1.29 bits per heavy atom. The van der Waals surface area contributed by atoms with Gasteiger partial charge in [-0.2, -0.15) is 0 Å². The fraction of sp³-hybridized carbons (Fsp3) is 0.600. The van der Waals surface area contributed by atoms with Gasteiger partial charge in [-0.15, -0.1) is 0 Å². The van der Waals surface area contributed by atoms with Gasteiger partial charge in [-0.25, -0.2) is 0 Å². The average Bonchev–Trinajstić information content (AvgIpc) is 1.79. The Morgan fingerprint density at radius 3 is 1.43 bits per heavy atom. The molecular formula is C5H12BNO7. The molecule has 0 spiro atoms. The highest BCUT2D eigenvalue weighted by Crippen LogP contribution is 1.80. The maximum Gasteiger partial charge on any atom is 0.631 e. The third kappa shape index (κ3) is 22.4. The van der Waals surface area contributed by atoms with Crippen LogP contribution in [0.2, 0.25) is 0 Å². The van der Waals surface area contributed by atoms with E-state index < -0.39 is 19.3 Å². The summed E-state index contributed by atoms with van der Waals surface area (Å²) in [7, 11) is -0.734. The van der Waals surface area contributed by atoms with E-state index in [0.29, 0.717) is 0 Å². The normalized spacial score (nSPS) is 8.93. The average molecular weight is 209 g/mol. The second-order valence-electron chi connectivity index (χ2n) is 2.31. The van der Waals surface area contributed by atoms with E-state index in [9.17, 15) is 9.59 Å². The van der Waals surface area contributed by atoms with Crippen LogP contribution in [0.5, 0.6) is 0 Å². The zero-order chi connectivity index (χ0) is 11.7. The number of rotatable bonds is 4.